The van der Waals surface area contributed by atoms with Crippen molar-refractivity contribution >= 4 is 38.7 Å². The van der Waals surface area contributed by atoms with Crippen molar-refractivity contribution in [2.45, 2.75) is 12.1 Å². The summed E-state index contributed by atoms with van der Waals surface area (Å²) in [5, 5.41) is 0.938. The normalized spacial score (nSPS) is 11.0. The third kappa shape index (κ3) is 3.80. The van der Waals surface area contributed by atoms with Crippen LogP contribution in [0.3, 0.4) is 0 Å². The highest BCUT2D eigenvalue weighted by atomic mass is 79.9. The predicted molar refractivity (Wildman–Crippen MR) is 91.2 cm³/mol. The summed E-state index contributed by atoms with van der Waals surface area (Å²) in [7, 11) is 0. The number of fused-ring (bicyclic) bond motifs is 1. The zero-order chi connectivity index (χ0) is 14.7. The predicted octanol–water partition coefficient (Wildman–Crippen LogP) is 4.80. The quantitative estimate of drug-likeness (QED) is 0.522. The molecule has 0 unspecified atom stereocenters. The average Bonchev–Trinajstić information content (AvgIpc) is 2.85. The van der Waals surface area contributed by atoms with Crippen molar-refractivity contribution in [2.24, 2.45) is 0 Å². The van der Waals surface area contributed by atoms with E-state index in [9.17, 15) is 0 Å². The van der Waals surface area contributed by atoms with Crippen LogP contribution in [0.25, 0.3) is 11.0 Å². The van der Waals surface area contributed by atoms with Crippen molar-refractivity contribution in [3.63, 3.8) is 0 Å². The van der Waals surface area contributed by atoms with Gasteiger partial charge in [0.25, 0.3) is 0 Å². The summed E-state index contributed by atoms with van der Waals surface area (Å²) in [5.74, 6) is 1.73. The Bertz CT molecular complexity index is 757. The zero-order valence-electron chi connectivity index (χ0n) is 11.6. The third-order valence-corrected chi connectivity index (χ3v) is 4.33. The average molecular weight is 363 g/mol. The number of aromatic nitrogens is 2. The van der Waals surface area contributed by atoms with E-state index in [0.29, 0.717) is 6.61 Å². The Morgan fingerprint density at radius 1 is 1.24 bits per heavy atom. The lowest BCUT2D eigenvalue weighted by molar-refractivity contribution is 0.343. The smallest absolute Gasteiger partial charge is 0.166 e. The molecule has 0 saturated heterocycles. The van der Waals surface area contributed by atoms with Gasteiger partial charge in [-0.2, -0.15) is 0 Å². The maximum Gasteiger partial charge on any atom is 0.166 e. The first-order chi connectivity index (χ1) is 10.2. The highest BCUT2D eigenvalue weighted by molar-refractivity contribution is 9.10. The fraction of sp³-hybridized carbons (Fsp3) is 0.188. The van der Waals surface area contributed by atoms with Crippen LogP contribution >= 0.6 is 27.7 Å². The molecular weight excluding hydrogens is 348 g/mol. The van der Waals surface area contributed by atoms with E-state index >= 15 is 0 Å². The fourth-order valence-electron chi connectivity index (χ4n) is 2.02. The van der Waals surface area contributed by atoms with E-state index < -0.39 is 0 Å². The second-order valence-corrected chi connectivity index (χ2v) is 6.72. The van der Waals surface area contributed by atoms with Crippen molar-refractivity contribution < 1.29 is 4.74 Å². The molecule has 0 spiro atoms. The number of hydrogen-bond donors (Lipinski definition) is 1. The third-order valence-electron chi connectivity index (χ3n) is 3.00. The van der Waals surface area contributed by atoms with E-state index in [1.54, 1.807) is 11.8 Å². The number of thioether (sulfide) groups is 1. The van der Waals surface area contributed by atoms with Gasteiger partial charge in [-0.1, -0.05) is 39.8 Å². The van der Waals surface area contributed by atoms with Gasteiger partial charge in [0.15, 0.2) is 5.16 Å². The Kier molecular flexibility index (Phi) is 4.51. The molecule has 1 heterocycles. The molecule has 3 aromatic rings. The number of rotatable bonds is 5. The number of benzene rings is 2. The summed E-state index contributed by atoms with van der Waals surface area (Å²) < 4.78 is 6.74. The van der Waals surface area contributed by atoms with Gasteiger partial charge < -0.3 is 9.72 Å². The molecule has 0 aliphatic heterocycles. The summed E-state index contributed by atoms with van der Waals surface area (Å²) in [6, 6.07) is 14.1. The maximum absolute atomic E-state index is 5.71. The number of hydrogen-bond acceptors (Lipinski definition) is 3. The molecule has 0 aliphatic carbocycles. The van der Waals surface area contributed by atoms with Gasteiger partial charge in [0, 0.05) is 10.2 Å². The monoisotopic (exact) mass is 362 g/mol. The second-order valence-electron chi connectivity index (χ2n) is 4.72. The van der Waals surface area contributed by atoms with Gasteiger partial charge in [-0.05, 0) is 42.8 Å². The fourth-order valence-corrected chi connectivity index (χ4v) is 3.11. The molecule has 1 aromatic heterocycles. The van der Waals surface area contributed by atoms with Crippen molar-refractivity contribution in [1.29, 1.82) is 0 Å². The zero-order valence-corrected chi connectivity index (χ0v) is 14.0. The largest absolute Gasteiger partial charge is 0.493 e. The van der Waals surface area contributed by atoms with Crippen LogP contribution in [0.4, 0.5) is 0 Å². The first-order valence-corrected chi connectivity index (χ1v) is 8.46. The van der Waals surface area contributed by atoms with Crippen LogP contribution in [0.1, 0.15) is 5.56 Å². The maximum atomic E-state index is 5.71. The summed E-state index contributed by atoms with van der Waals surface area (Å²) in [6.07, 6.45) is 0. The van der Waals surface area contributed by atoms with E-state index in [1.807, 2.05) is 30.3 Å². The first kappa shape index (κ1) is 14.5. The minimum absolute atomic E-state index is 0.650. The van der Waals surface area contributed by atoms with Crippen molar-refractivity contribution in [3.8, 4) is 5.75 Å². The molecule has 0 bridgehead atoms. The van der Waals surface area contributed by atoms with Crippen molar-refractivity contribution in [2.75, 3.05) is 12.4 Å². The first-order valence-electron chi connectivity index (χ1n) is 6.68. The summed E-state index contributed by atoms with van der Waals surface area (Å²) in [5.41, 5.74) is 3.34. The molecule has 21 heavy (non-hydrogen) atoms. The molecule has 0 radical (unpaired) electrons. The van der Waals surface area contributed by atoms with Crippen LogP contribution in [0.5, 0.6) is 5.75 Å². The minimum Gasteiger partial charge on any atom is -0.493 e. The van der Waals surface area contributed by atoms with Crippen LogP contribution in [-0.4, -0.2) is 22.3 Å². The number of aryl methyl sites for hydroxylation is 1. The van der Waals surface area contributed by atoms with E-state index in [2.05, 4.69) is 45.0 Å². The standard InChI is InChI=1S/C16H15BrN2OS/c1-11-5-6-14-15(9-11)19-16(18-14)21-8-7-20-13-4-2-3-12(17)10-13/h2-6,9-10H,7-8H2,1H3,(H,18,19). The number of ether oxygens (including phenoxy) is 1. The summed E-state index contributed by atoms with van der Waals surface area (Å²) in [4.78, 5) is 7.89. The molecule has 0 aliphatic rings. The molecule has 0 amide bonds. The van der Waals surface area contributed by atoms with E-state index in [4.69, 9.17) is 4.74 Å². The molecule has 108 valence electrons. The Morgan fingerprint density at radius 2 is 2.14 bits per heavy atom. The Labute approximate surface area is 136 Å². The molecular formula is C16H15BrN2OS. The number of H-pyrrole nitrogens is 1. The van der Waals surface area contributed by atoms with Crippen LogP contribution in [0, 0.1) is 6.92 Å². The molecule has 3 nitrogen and oxygen atoms in total. The summed E-state index contributed by atoms with van der Waals surface area (Å²) >= 11 is 5.11. The second kappa shape index (κ2) is 6.54. The van der Waals surface area contributed by atoms with Crippen molar-refractivity contribution in [3.05, 3.63) is 52.5 Å². The van der Waals surface area contributed by atoms with Gasteiger partial charge >= 0.3 is 0 Å². The molecule has 5 heteroatoms. The molecule has 2 aromatic carbocycles. The lowest BCUT2D eigenvalue weighted by Gasteiger charge is -2.05. The number of imidazole rings is 1. The van der Waals surface area contributed by atoms with Gasteiger partial charge in [-0.15, -0.1) is 0 Å². The van der Waals surface area contributed by atoms with Gasteiger partial charge in [0.1, 0.15) is 5.75 Å². The number of nitrogens with one attached hydrogen (secondary N) is 1. The van der Waals surface area contributed by atoms with Crippen molar-refractivity contribution in [1.82, 2.24) is 9.97 Å². The van der Waals surface area contributed by atoms with Gasteiger partial charge in [-0.25, -0.2) is 4.98 Å². The van der Waals surface area contributed by atoms with E-state index in [1.165, 1.54) is 5.56 Å². The number of aromatic amines is 1. The molecule has 0 saturated carbocycles. The van der Waals surface area contributed by atoms with Crippen LogP contribution in [0.2, 0.25) is 0 Å². The van der Waals surface area contributed by atoms with Crippen LogP contribution in [0.15, 0.2) is 52.1 Å². The molecule has 1 N–H and O–H groups in total. The Morgan fingerprint density at radius 3 is 3.00 bits per heavy atom. The molecule has 0 atom stereocenters. The lowest BCUT2D eigenvalue weighted by Crippen LogP contribution is -2.00. The van der Waals surface area contributed by atoms with Gasteiger partial charge in [0.2, 0.25) is 0 Å². The van der Waals surface area contributed by atoms with Gasteiger partial charge in [0.05, 0.1) is 17.6 Å². The Balaban J connectivity index is 1.54. The van der Waals surface area contributed by atoms with Crippen LogP contribution in [-0.2, 0) is 0 Å². The minimum atomic E-state index is 0.650. The highest BCUT2D eigenvalue weighted by Crippen LogP contribution is 2.21. The molecule has 3 rings (SSSR count). The SMILES string of the molecule is Cc1ccc2nc(SCCOc3cccc(Br)c3)[nH]c2c1. The van der Waals surface area contributed by atoms with E-state index in [-0.39, 0.29) is 0 Å². The van der Waals surface area contributed by atoms with Crippen LogP contribution < -0.4 is 4.74 Å². The number of nitrogens with zero attached hydrogens (tertiary/aromatic N) is 1. The topological polar surface area (TPSA) is 37.9 Å². The molecule has 0 fully saturated rings. The lowest BCUT2D eigenvalue weighted by atomic mass is 10.2. The number of halogens is 1. The van der Waals surface area contributed by atoms with E-state index in [0.717, 1.165) is 32.2 Å². The highest BCUT2D eigenvalue weighted by Gasteiger charge is 2.03. The van der Waals surface area contributed by atoms with Gasteiger partial charge in [-0.3, -0.25) is 0 Å². The Hall–Kier alpha value is -1.46. The summed E-state index contributed by atoms with van der Waals surface area (Å²) in [6.45, 7) is 2.73.